The molecule has 0 aliphatic carbocycles. The number of benzene rings is 1. The van der Waals surface area contributed by atoms with E-state index in [0.29, 0.717) is 18.0 Å². The van der Waals surface area contributed by atoms with Gasteiger partial charge in [-0.2, -0.15) is 4.31 Å². The number of carbonyl (C=O) groups is 1. The zero-order valence-corrected chi connectivity index (χ0v) is 12.9. The molecule has 1 aromatic carbocycles. The number of rotatable bonds is 2. The van der Waals surface area contributed by atoms with Crippen molar-refractivity contribution in [2.75, 3.05) is 18.4 Å². The Hall–Kier alpha value is -1.40. The summed E-state index contributed by atoms with van der Waals surface area (Å²) in [5.74, 6) is -0.367. The predicted octanol–water partition coefficient (Wildman–Crippen LogP) is 2.31. The van der Waals surface area contributed by atoms with E-state index >= 15 is 0 Å². The number of hydrogen-bond donors (Lipinski definition) is 1. The van der Waals surface area contributed by atoms with Crippen molar-refractivity contribution in [1.82, 2.24) is 4.31 Å². The molecule has 0 aromatic heterocycles. The fourth-order valence-corrected chi connectivity index (χ4v) is 4.54. The van der Waals surface area contributed by atoms with E-state index in [4.69, 9.17) is 0 Å². The Kier molecular flexibility index (Phi) is 3.75. The lowest BCUT2D eigenvalue weighted by Crippen LogP contribution is -2.32. The van der Waals surface area contributed by atoms with Crippen molar-refractivity contribution >= 4 is 21.6 Å². The van der Waals surface area contributed by atoms with Crippen molar-refractivity contribution in [3.05, 3.63) is 23.8 Å². The molecule has 1 atom stereocenters. The lowest BCUT2D eigenvalue weighted by Gasteiger charge is -2.20. The molecule has 0 bridgehead atoms. The average Bonchev–Trinajstić information content (AvgIpc) is 2.67. The lowest BCUT2D eigenvalue weighted by atomic mass is 10.0. The lowest BCUT2D eigenvalue weighted by molar-refractivity contribution is -0.116. The van der Waals surface area contributed by atoms with Gasteiger partial charge in [-0.1, -0.05) is 12.8 Å². The summed E-state index contributed by atoms with van der Waals surface area (Å²) in [6.45, 7) is 2.97. The second kappa shape index (κ2) is 5.42. The van der Waals surface area contributed by atoms with Crippen LogP contribution in [0.5, 0.6) is 0 Å². The molecule has 2 aliphatic rings. The van der Waals surface area contributed by atoms with Crippen molar-refractivity contribution in [3.8, 4) is 0 Å². The van der Waals surface area contributed by atoms with Crippen LogP contribution in [0.3, 0.4) is 0 Å². The summed E-state index contributed by atoms with van der Waals surface area (Å²) in [5.41, 5.74) is 1.50. The van der Waals surface area contributed by atoms with Gasteiger partial charge in [0.05, 0.1) is 10.8 Å². The molecule has 0 radical (unpaired) electrons. The van der Waals surface area contributed by atoms with Gasteiger partial charge in [-0.3, -0.25) is 4.79 Å². The highest BCUT2D eigenvalue weighted by atomic mass is 32.2. The Labute approximate surface area is 125 Å². The Morgan fingerprint density at radius 3 is 2.48 bits per heavy atom. The molecule has 2 heterocycles. The average molecular weight is 308 g/mol. The van der Waals surface area contributed by atoms with Gasteiger partial charge in [0.25, 0.3) is 0 Å². The Bertz CT molecular complexity index is 661. The SMILES string of the molecule is C[C@@H]1C(=O)Nc2ccc(S(=O)(=O)N3CCCCCC3)cc21. The summed E-state index contributed by atoms with van der Waals surface area (Å²) in [5, 5.41) is 2.77. The quantitative estimate of drug-likeness (QED) is 0.911. The molecule has 114 valence electrons. The first kappa shape index (κ1) is 14.5. The summed E-state index contributed by atoms with van der Waals surface area (Å²) in [7, 11) is -3.45. The van der Waals surface area contributed by atoms with Crippen molar-refractivity contribution < 1.29 is 13.2 Å². The topological polar surface area (TPSA) is 66.5 Å². The van der Waals surface area contributed by atoms with Crippen LogP contribution < -0.4 is 5.32 Å². The van der Waals surface area contributed by atoms with E-state index in [0.717, 1.165) is 36.9 Å². The van der Waals surface area contributed by atoms with E-state index in [1.54, 1.807) is 29.4 Å². The van der Waals surface area contributed by atoms with Crippen molar-refractivity contribution in [2.45, 2.75) is 43.4 Å². The minimum absolute atomic E-state index is 0.0747. The standard InChI is InChI=1S/C15H20N2O3S/c1-11-13-10-12(6-7-14(13)16-15(11)18)21(19,20)17-8-4-2-3-5-9-17/h6-7,10-11H,2-5,8-9H2,1H3,(H,16,18)/t11-/m0/s1. The van der Waals surface area contributed by atoms with Crippen LogP contribution >= 0.6 is 0 Å². The molecule has 6 heteroatoms. The number of nitrogens with zero attached hydrogens (tertiary/aromatic N) is 1. The minimum Gasteiger partial charge on any atom is -0.325 e. The number of sulfonamides is 1. The molecule has 1 fully saturated rings. The summed E-state index contributed by atoms with van der Waals surface area (Å²) < 4.78 is 27.1. The van der Waals surface area contributed by atoms with Crippen LogP contribution in [0.15, 0.2) is 23.1 Å². The predicted molar refractivity (Wildman–Crippen MR) is 80.7 cm³/mol. The molecular weight excluding hydrogens is 288 g/mol. The van der Waals surface area contributed by atoms with Crippen LogP contribution in [0, 0.1) is 0 Å². The van der Waals surface area contributed by atoms with E-state index < -0.39 is 10.0 Å². The maximum atomic E-state index is 12.7. The molecule has 1 saturated heterocycles. The number of carbonyl (C=O) groups excluding carboxylic acids is 1. The van der Waals surface area contributed by atoms with Crippen LogP contribution in [-0.4, -0.2) is 31.7 Å². The number of anilines is 1. The van der Waals surface area contributed by atoms with Crippen LogP contribution in [0.2, 0.25) is 0 Å². The second-order valence-corrected chi connectivity index (χ2v) is 7.72. The normalized spacial score (nSPS) is 23.5. The second-order valence-electron chi connectivity index (χ2n) is 5.78. The van der Waals surface area contributed by atoms with Crippen molar-refractivity contribution in [2.24, 2.45) is 0 Å². The van der Waals surface area contributed by atoms with E-state index in [1.165, 1.54) is 0 Å². The molecule has 1 N–H and O–H groups in total. The Morgan fingerprint density at radius 1 is 1.14 bits per heavy atom. The molecule has 1 aromatic rings. The zero-order chi connectivity index (χ0) is 15.0. The molecule has 0 spiro atoms. The monoisotopic (exact) mass is 308 g/mol. The molecular formula is C15H20N2O3S. The fourth-order valence-electron chi connectivity index (χ4n) is 2.99. The summed E-state index contributed by atoms with van der Waals surface area (Å²) in [4.78, 5) is 12.0. The molecule has 5 nitrogen and oxygen atoms in total. The molecule has 2 aliphatic heterocycles. The highest BCUT2D eigenvalue weighted by Crippen LogP contribution is 2.34. The molecule has 0 unspecified atom stereocenters. The first-order valence-electron chi connectivity index (χ1n) is 7.45. The maximum Gasteiger partial charge on any atom is 0.243 e. The highest BCUT2D eigenvalue weighted by molar-refractivity contribution is 7.89. The third-order valence-corrected chi connectivity index (χ3v) is 6.24. The molecule has 21 heavy (non-hydrogen) atoms. The van der Waals surface area contributed by atoms with E-state index in [1.807, 2.05) is 0 Å². The number of hydrogen-bond acceptors (Lipinski definition) is 3. The van der Waals surface area contributed by atoms with Gasteiger partial charge in [0.2, 0.25) is 15.9 Å². The van der Waals surface area contributed by atoms with Gasteiger partial charge < -0.3 is 5.32 Å². The zero-order valence-electron chi connectivity index (χ0n) is 12.1. The van der Waals surface area contributed by atoms with Gasteiger partial charge in [0, 0.05) is 18.8 Å². The first-order valence-corrected chi connectivity index (χ1v) is 8.89. The Morgan fingerprint density at radius 2 is 1.81 bits per heavy atom. The maximum absolute atomic E-state index is 12.7. The summed E-state index contributed by atoms with van der Waals surface area (Å²) >= 11 is 0. The highest BCUT2D eigenvalue weighted by Gasteiger charge is 2.30. The number of amides is 1. The van der Waals surface area contributed by atoms with Crippen LogP contribution in [0.4, 0.5) is 5.69 Å². The minimum atomic E-state index is -3.45. The van der Waals surface area contributed by atoms with Crippen molar-refractivity contribution in [1.29, 1.82) is 0 Å². The van der Waals surface area contributed by atoms with Gasteiger partial charge in [-0.25, -0.2) is 8.42 Å². The van der Waals surface area contributed by atoms with Gasteiger partial charge >= 0.3 is 0 Å². The van der Waals surface area contributed by atoms with E-state index in [-0.39, 0.29) is 11.8 Å². The summed E-state index contributed by atoms with van der Waals surface area (Å²) in [6, 6.07) is 4.94. The Balaban J connectivity index is 1.95. The first-order chi connectivity index (χ1) is 10.00. The fraction of sp³-hybridized carbons (Fsp3) is 0.533. The van der Waals surface area contributed by atoms with Crippen LogP contribution in [-0.2, 0) is 14.8 Å². The number of nitrogens with one attached hydrogen (secondary N) is 1. The molecule has 0 saturated carbocycles. The van der Waals surface area contributed by atoms with Gasteiger partial charge in [0.15, 0.2) is 0 Å². The molecule has 3 rings (SSSR count). The van der Waals surface area contributed by atoms with Crippen LogP contribution in [0.1, 0.15) is 44.1 Å². The van der Waals surface area contributed by atoms with Crippen LogP contribution in [0.25, 0.3) is 0 Å². The summed E-state index contributed by atoms with van der Waals surface area (Å²) in [6.07, 6.45) is 4.01. The molecule has 1 amide bonds. The largest absolute Gasteiger partial charge is 0.325 e. The van der Waals surface area contributed by atoms with E-state index in [9.17, 15) is 13.2 Å². The number of fused-ring (bicyclic) bond motifs is 1. The van der Waals surface area contributed by atoms with Gasteiger partial charge in [-0.05, 0) is 43.5 Å². The third kappa shape index (κ3) is 2.58. The third-order valence-electron chi connectivity index (χ3n) is 4.34. The van der Waals surface area contributed by atoms with Gasteiger partial charge in [0.1, 0.15) is 0 Å². The van der Waals surface area contributed by atoms with Crippen molar-refractivity contribution in [3.63, 3.8) is 0 Å². The van der Waals surface area contributed by atoms with E-state index in [2.05, 4.69) is 5.32 Å². The smallest absolute Gasteiger partial charge is 0.243 e. The van der Waals surface area contributed by atoms with Gasteiger partial charge in [-0.15, -0.1) is 0 Å².